The summed E-state index contributed by atoms with van der Waals surface area (Å²) in [6.07, 6.45) is 1.51. The molecule has 0 spiro atoms. The largest absolute Gasteiger partial charge is 0.480 e. The molecule has 0 saturated heterocycles. The van der Waals surface area contributed by atoms with Gasteiger partial charge in [-0.05, 0) is 30.3 Å². The number of ether oxygens (including phenoxy) is 1. The van der Waals surface area contributed by atoms with Gasteiger partial charge >= 0.3 is 0 Å². The van der Waals surface area contributed by atoms with Gasteiger partial charge in [0.15, 0.2) is 0 Å². The van der Waals surface area contributed by atoms with Crippen LogP contribution in [-0.4, -0.2) is 18.0 Å². The number of nitrogens with one attached hydrogen (secondary N) is 1. The Morgan fingerprint density at radius 1 is 1.42 bits per heavy atom. The van der Waals surface area contributed by atoms with Crippen molar-refractivity contribution >= 4 is 23.2 Å². The molecular formula is C13H10ClFN2O2. The molecule has 0 radical (unpaired) electrons. The summed E-state index contributed by atoms with van der Waals surface area (Å²) in [6, 6.07) is 7.19. The highest BCUT2D eigenvalue weighted by Gasteiger charge is 2.13. The van der Waals surface area contributed by atoms with Crippen LogP contribution in [-0.2, 0) is 0 Å². The molecule has 0 unspecified atom stereocenters. The Kier molecular flexibility index (Phi) is 3.97. The van der Waals surface area contributed by atoms with E-state index < -0.39 is 11.7 Å². The summed E-state index contributed by atoms with van der Waals surface area (Å²) in [5, 5.41) is 2.54. The highest BCUT2D eigenvalue weighted by Crippen LogP contribution is 2.20. The number of carbonyl (C=O) groups is 1. The van der Waals surface area contributed by atoms with E-state index in [1.54, 1.807) is 12.1 Å². The predicted octanol–water partition coefficient (Wildman–Crippen LogP) is 3.14. The summed E-state index contributed by atoms with van der Waals surface area (Å²) in [6.45, 7) is 0. The summed E-state index contributed by atoms with van der Waals surface area (Å²) in [7, 11) is 1.42. The van der Waals surface area contributed by atoms with Gasteiger partial charge in [-0.2, -0.15) is 0 Å². The number of pyridine rings is 1. The van der Waals surface area contributed by atoms with Gasteiger partial charge in [-0.25, -0.2) is 9.37 Å². The minimum Gasteiger partial charge on any atom is -0.480 e. The van der Waals surface area contributed by atoms with E-state index in [0.717, 1.165) is 6.07 Å². The summed E-state index contributed by atoms with van der Waals surface area (Å²) < 4.78 is 18.2. The number of hydrogen-bond donors (Lipinski definition) is 1. The fourth-order valence-electron chi connectivity index (χ4n) is 1.50. The Hall–Kier alpha value is -2.14. The highest BCUT2D eigenvalue weighted by atomic mass is 35.5. The third kappa shape index (κ3) is 3.00. The summed E-state index contributed by atoms with van der Waals surface area (Å²) >= 11 is 5.56. The first kappa shape index (κ1) is 13.3. The molecule has 1 aromatic carbocycles. The van der Waals surface area contributed by atoms with Crippen molar-refractivity contribution in [1.29, 1.82) is 0 Å². The van der Waals surface area contributed by atoms with Crippen molar-refractivity contribution in [2.24, 2.45) is 0 Å². The summed E-state index contributed by atoms with van der Waals surface area (Å²) in [5.41, 5.74) is 0.568. The molecule has 0 fully saturated rings. The summed E-state index contributed by atoms with van der Waals surface area (Å²) in [5.74, 6) is -0.835. The van der Waals surface area contributed by atoms with Crippen molar-refractivity contribution < 1.29 is 13.9 Å². The monoisotopic (exact) mass is 280 g/mol. The van der Waals surface area contributed by atoms with Crippen LogP contribution in [0.4, 0.5) is 10.1 Å². The van der Waals surface area contributed by atoms with Crippen molar-refractivity contribution in [1.82, 2.24) is 4.98 Å². The van der Waals surface area contributed by atoms with Crippen LogP contribution in [0.25, 0.3) is 0 Å². The molecule has 2 rings (SSSR count). The first-order chi connectivity index (χ1) is 9.11. The van der Waals surface area contributed by atoms with E-state index in [1.807, 2.05) is 0 Å². The van der Waals surface area contributed by atoms with Gasteiger partial charge in [-0.3, -0.25) is 4.79 Å². The number of methoxy groups -OCH3 is 1. The van der Waals surface area contributed by atoms with Crippen LogP contribution in [0.1, 0.15) is 10.4 Å². The van der Waals surface area contributed by atoms with E-state index in [2.05, 4.69) is 10.3 Å². The lowest BCUT2D eigenvalue weighted by Crippen LogP contribution is -2.13. The number of rotatable bonds is 3. The van der Waals surface area contributed by atoms with Gasteiger partial charge in [-0.1, -0.05) is 11.6 Å². The van der Waals surface area contributed by atoms with Crippen molar-refractivity contribution in [2.75, 3.05) is 12.4 Å². The van der Waals surface area contributed by atoms with Crippen LogP contribution in [0.15, 0.2) is 36.5 Å². The maximum absolute atomic E-state index is 13.3. The van der Waals surface area contributed by atoms with Gasteiger partial charge in [0.25, 0.3) is 5.91 Å². The van der Waals surface area contributed by atoms with E-state index in [1.165, 1.54) is 25.4 Å². The van der Waals surface area contributed by atoms with Crippen LogP contribution in [0, 0.1) is 5.82 Å². The van der Waals surface area contributed by atoms with Crippen LogP contribution in [0.5, 0.6) is 5.88 Å². The molecule has 98 valence electrons. The first-order valence-electron chi connectivity index (χ1n) is 5.37. The van der Waals surface area contributed by atoms with Gasteiger partial charge in [0.2, 0.25) is 5.88 Å². The zero-order valence-electron chi connectivity index (χ0n) is 9.98. The van der Waals surface area contributed by atoms with Gasteiger partial charge in [-0.15, -0.1) is 0 Å². The Balaban J connectivity index is 2.23. The number of benzene rings is 1. The number of halogens is 2. The molecule has 0 aliphatic carbocycles. The number of aromatic nitrogens is 1. The smallest absolute Gasteiger partial charge is 0.261 e. The third-order valence-electron chi connectivity index (χ3n) is 2.39. The topological polar surface area (TPSA) is 51.2 Å². The lowest BCUT2D eigenvalue weighted by Gasteiger charge is -2.08. The number of amides is 1. The average Bonchev–Trinajstić information content (AvgIpc) is 2.43. The highest BCUT2D eigenvalue weighted by molar-refractivity contribution is 6.30. The van der Waals surface area contributed by atoms with Gasteiger partial charge < -0.3 is 10.1 Å². The van der Waals surface area contributed by atoms with Crippen molar-refractivity contribution in [3.63, 3.8) is 0 Å². The molecule has 1 aromatic heterocycles. The Morgan fingerprint density at radius 3 is 2.89 bits per heavy atom. The molecule has 0 bridgehead atoms. The predicted molar refractivity (Wildman–Crippen MR) is 70.2 cm³/mol. The molecule has 0 atom stereocenters. The minimum atomic E-state index is -0.599. The molecule has 19 heavy (non-hydrogen) atoms. The molecule has 1 heterocycles. The molecule has 6 heteroatoms. The molecule has 0 saturated carbocycles. The molecule has 0 aliphatic heterocycles. The van der Waals surface area contributed by atoms with E-state index >= 15 is 0 Å². The average molecular weight is 281 g/mol. The number of carbonyl (C=O) groups excluding carboxylic acids is 1. The van der Waals surface area contributed by atoms with Gasteiger partial charge in [0, 0.05) is 11.9 Å². The SMILES string of the molecule is COc1ncccc1C(=O)Nc1ccc(Cl)c(F)c1. The van der Waals surface area contributed by atoms with E-state index in [-0.39, 0.29) is 16.5 Å². The third-order valence-corrected chi connectivity index (χ3v) is 2.69. The summed E-state index contributed by atoms with van der Waals surface area (Å²) in [4.78, 5) is 15.9. The zero-order valence-corrected chi connectivity index (χ0v) is 10.7. The van der Waals surface area contributed by atoms with E-state index in [4.69, 9.17) is 16.3 Å². The zero-order chi connectivity index (χ0) is 13.8. The normalized spacial score (nSPS) is 10.1. The van der Waals surface area contributed by atoms with Crippen molar-refractivity contribution in [2.45, 2.75) is 0 Å². The van der Waals surface area contributed by atoms with E-state index in [0.29, 0.717) is 5.69 Å². The molecular weight excluding hydrogens is 271 g/mol. The number of hydrogen-bond acceptors (Lipinski definition) is 3. The Labute approximate surface area is 114 Å². The van der Waals surface area contributed by atoms with Crippen molar-refractivity contribution in [3.8, 4) is 5.88 Å². The fraction of sp³-hybridized carbons (Fsp3) is 0.0769. The number of anilines is 1. The maximum Gasteiger partial charge on any atom is 0.261 e. The van der Waals surface area contributed by atoms with Crippen LogP contribution >= 0.6 is 11.6 Å². The quantitative estimate of drug-likeness (QED) is 0.940. The Bertz CT molecular complexity index is 619. The minimum absolute atomic E-state index is 0.00282. The second-order valence-corrected chi connectivity index (χ2v) is 4.05. The molecule has 2 aromatic rings. The molecule has 0 aliphatic rings. The van der Waals surface area contributed by atoms with Crippen LogP contribution < -0.4 is 10.1 Å². The second-order valence-electron chi connectivity index (χ2n) is 3.64. The Morgan fingerprint density at radius 2 is 2.21 bits per heavy atom. The maximum atomic E-state index is 13.3. The number of nitrogens with zero attached hydrogens (tertiary/aromatic N) is 1. The molecule has 4 nitrogen and oxygen atoms in total. The first-order valence-corrected chi connectivity index (χ1v) is 5.75. The lowest BCUT2D eigenvalue weighted by atomic mass is 10.2. The van der Waals surface area contributed by atoms with Crippen LogP contribution in [0.2, 0.25) is 5.02 Å². The molecule has 1 amide bonds. The molecule has 1 N–H and O–H groups in total. The van der Waals surface area contributed by atoms with Crippen LogP contribution in [0.3, 0.4) is 0 Å². The fourth-order valence-corrected chi connectivity index (χ4v) is 1.62. The van der Waals surface area contributed by atoms with Crippen molar-refractivity contribution in [3.05, 3.63) is 52.9 Å². The van der Waals surface area contributed by atoms with E-state index in [9.17, 15) is 9.18 Å². The second kappa shape index (κ2) is 5.67. The van der Waals surface area contributed by atoms with Gasteiger partial charge in [0.05, 0.1) is 12.1 Å². The lowest BCUT2D eigenvalue weighted by molar-refractivity contribution is 0.102. The standard InChI is InChI=1S/C13H10ClFN2O2/c1-19-13-9(3-2-6-16-13)12(18)17-8-4-5-10(14)11(15)7-8/h2-7H,1H3,(H,17,18). The van der Waals surface area contributed by atoms with Gasteiger partial charge in [0.1, 0.15) is 11.4 Å².